The van der Waals surface area contributed by atoms with Crippen molar-refractivity contribution in [3.05, 3.63) is 71.1 Å². The van der Waals surface area contributed by atoms with Crippen LogP contribution in [0.5, 0.6) is 0 Å². The van der Waals surface area contributed by atoms with Gasteiger partial charge in [-0.15, -0.1) is 0 Å². The Morgan fingerprint density at radius 1 is 1.20 bits per heavy atom. The summed E-state index contributed by atoms with van der Waals surface area (Å²) in [5.41, 5.74) is 2.55. The second-order valence-corrected chi connectivity index (χ2v) is 7.09. The molecule has 1 unspecified atom stereocenters. The van der Waals surface area contributed by atoms with E-state index >= 15 is 0 Å². The average Bonchev–Trinajstić information content (AvgIpc) is 3.07. The number of rotatable bonds is 6. The van der Waals surface area contributed by atoms with Crippen LogP contribution in [-0.2, 0) is 0 Å². The molecule has 0 bridgehead atoms. The summed E-state index contributed by atoms with van der Waals surface area (Å²) in [7, 11) is 0. The summed E-state index contributed by atoms with van der Waals surface area (Å²) < 4.78 is 1.80. The summed E-state index contributed by atoms with van der Waals surface area (Å²) in [6, 6.07) is 13.4. The number of aromatic nitrogens is 2. The van der Waals surface area contributed by atoms with Crippen molar-refractivity contribution >= 4 is 23.2 Å². The van der Waals surface area contributed by atoms with Gasteiger partial charge in [0.25, 0.3) is 5.91 Å². The zero-order valence-corrected chi connectivity index (χ0v) is 15.2. The van der Waals surface area contributed by atoms with E-state index in [1.165, 1.54) is 5.56 Å². The highest BCUT2D eigenvalue weighted by Crippen LogP contribution is 2.24. The van der Waals surface area contributed by atoms with E-state index in [0.717, 1.165) is 17.1 Å². The number of fused-ring (bicyclic) bond motifs is 1. The van der Waals surface area contributed by atoms with Gasteiger partial charge in [0.2, 0.25) is 0 Å². The summed E-state index contributed by atoms with van der Waals surface area (Å²) >= 11 is 6.00. The van der Waals surface area contributed by atoms with Gasteiger partial charge in [0, 0.05) is 29.9 Å². The lowest BCUT2D eigenvalue weighted by Gasteiger charge is -2.20. The van der Waals surface area contributed by atoms with Gasteiger partial charge >= 0.3 is 0 Å². The molecule has 1 N–H and O–H groups in total. The van der Waals surface area contributed by atoms with Gasteiger partial charge in [0.05, 0.1) is 0 Å². The third kappa shape index (κ3) is 4.20. The lowest BCUT2D eigenvalue weighted by Crippen LogP contribution is -2.30. The summed E-state index contributed by atoms with van der Waals surface area (Å²) in [5, 5.41) is 3.80. The molecule has 0 fully saturated rings. The smallest absolute Gasteiger partial charge is 0.268 e. The summed E-state index contributed by atoms with van der Waals surface area (Å²) in [6.45, 7) is 4.97. The van der Waals surface area contributed by atoms with Crippen molar-refractivity contribution in [1.29, 1.82) is 0 Å². The first-order chi connectivity index (χ1) is 12.0. The second-order valence-electron chi connectivity index (χ2n) is 6.65. The second kappa shape index (κ2) is 7.70. The molecule has 0 radical (unpaired) electrons. The fourth-order valence-corrected chi connectivity index (χ4v) is 3.21. The number of benzene rings is 1. The molecular weight excluding hydrogens is 334 g/mol. The fourth-order valence-electron chi connectivity index (χ4n) is 3.08. The van der Waals surface area contributed by atoms with Crippen LogP contribution >= 0.6 is 11.6 Å². The van der Waals surface area contributed by atoms with Crippen LogP contribution in [0.3, 0.4) is 0 Å². The normalized spacial score (nSPS) is 12.5. The first kappa shape index (κ1) is 17.5. The van der Waals surface area contributed by atoms with Crippen molar-refractivity contribution in [2.24, 2.45) is 5.92 Å². The van der Waals surface area contributed by atoms with Crippen LogP contribution in [0.15, 0.2) is 54.9 Å². The third-order valence-electron chi connectivity index (χ3n) is 4.27. The number of nitrogens with one attached hydrogen (secondary N) is 1. The van der Waals surface area contributed by atoms with Crippen LogP contribution in [0, 0.1) is 5.92 Å². The number of carbonyl (C=O) groups excluding carboxylic acids is 1. The van der Waals surface area contributed by atoms with Crippen LogP contribution in [0.25, 0.3) is 5.65 Å². The molecule has 1 atom stereocenters. The highest BCUT2D eigenvalue weighted by molar-refractivity contribution is 6.30. The SMILES string of the molecule is CC(C)CC(CNC(=O)c1cccc2nccn12)c1ccc(Cl)cc1. The Bertz CT molecular complexity index is 855. The minimum atomic E-state index is -0.0914. The van der Waals surface area contributed by atoms with Crippen molar-refractivity contribution in [2.45, 2.75) is 26.2 Å². The minimum absolute atomic E-state index is 0.0914. The van der Waals surface area contributed by atoms with Crippen molar-refractivity contribution in [1.82, 2.24) is 14.7 Å². The highest BCUT2D eigenvalue weighted by atomic mass is 35.5. The molecule has 2 aromatic heterocycles. The van der Waals surface area contributed by atoms with Crippen molar-refractivity contribution in [3.8, 4) is 0 Å². The molecule has 3 rings (SSSR count). The number of pyridine rings is 1. The van der Waals surface area contributed by atoms with Crippen LogP contribution in [0.4, 0.5) is 0 Å². The molecule has 2 heterocycles. The Morgan fingerprint density at radius 3 is 2.68 bits per heavy atom. The predicted octanol–water partition coefficient (Wildman–Crippen LogP) is 4.55. The molecule has 1 amide bonds. The Kier molecular flexibility index (Phi) is 5.39. The van der Waals surface area contributed by atoms with Crippen molar-refractivity contribution < 1.29 is 4.79 Å². The molecule has 130 valence electrons. The highest BCUT2D eigenvalue weighted by Gasteiger charge is 2.16. The number of imidazole rings is 1. The van der Waals surface area contributed by atoms with E-state index < -0.39 is 0 Å². The Hall–Kier alpha value is -2.33. The van der Waals surface area contributed by atoms with Crippen molar-refractivity contribution in [2.75, 3.05) is 6.54 Å². The van der Waals surface area contributed by atoms with E-state index in [9.17, 15) is 4.79 Å². The number of hydrogen-bond acceptors (Lipinski definition) is 2. The first-order valence-corrected chi connectivity index (χ1v) is 8.88. The van der Waals surface area contributed by atoms with Gasteiger partial charge < -0.3 is 5.32 Å². The van der Waals surface area contributed by atoms with Gasteiger partial charge in [-0.3, -0.25) is 9.20 Å². The first-order valence-electron chi connectivity index (χ1n) is 8.50. The van der Waals surface area contributed by atoms with Gasteiger partial charge in [0.1, 0.15) is 11.3 Å². The monoisotopic (exact) mass is 355 g/mol. The molecule has 0 saturated carbocycles. The zero-order chi connectivity index (χ0) is 17.8. The number of hydrogen-bond donors (Lipinski definition) is 1. The molecule has 0 spiro atoms. The zero-order valence-electron chi connectivity index (χ0n) is 14.4. The third-order valence-corrected chi connectivity index (χ3v) is 4.52. The Labute approximate surface area is 152 Å². The number of amides is 1. The van der Waals surface area contributed by atoms with Crippen LogP contribution in [-0.4, -0.2) is 21.8 Å². The van der Waals surface area contributed by atoms with E-state index in [-0.39, 0.29) is 11.8 Å². The minimum Gasteiger partial charge on any atom is -0.350 e. The average molecular weight is 356 g/mol. The van der Waals surface area contributed by atoms with E-state index in [1.807, 2.05) is 42.5 Å². The molecule has 0 aliphatic carbocycles. The summed E-state index contributed by atoms with van der Waals surface area (Å²) in [6.07, 6.45) is 4.49. The lowest BCUT2D eigenvalue weighted by molar-refractivity contribution is 0.0943. The standard InChI is InChI=1S/C20H22ClN3O/c1-14(2)12-16(15-6-8-17(21)9-7-15)13-23-20(25)18-4-3-5-19-22-10-11-24(18)19/h3-11,14,16H,12-13H2,1-2H3,(H,23,25). The molecular formula is C20H22ClN3O. The molecule has 0 aliphatic heterocycles. The molecule has 0 aliphatic rings. The van der Waals surface area contributed by atoms with Gasteiger partial charge in [-0.1, -0.05) is 43.6 Å². The summed E-state index contributed by atoms with van der Waals surface area (Å²) in [4.78, 5) is 16.9. The van der Waals surface area contributed by atoms with E-state index in [1.54, 1.807) is 16.8 Å². The van der Waals surface area contributed by atoms with Gasteiger partial charge in [-0.25, -0.2) is 4.98 Å². The molecule has 0 saturated heterocycles. The molecule has 1 aromatic carbocycles. The van der Waals surface area contributed by atoms with Gasteiger partial charge in [-0.2, -0.15) is 0 Å². The van der Waals surface area contributed by atoms with Crippen molar-refractivity contribution in [3.63, 3.8) is 0 Å². The topological polar surface area (TPSA) is 46.4 Å². The number of carbonyl (C=O) groups is 1. The lowest BCUT2D eigenvalue weighted by atomic mass is 9.90. The van der Waals surface area contributed by atoms with E-state index in [4.69, 9.17) is 11.6 Å². The molecule has 5 heteroatoms. The van der Waals surface area contributed by atoms with E-state index in [0.29, 0.717) is 18.2 Å². The maximum absolute atomic E-state index is 12.7. The number of halogens is 1. The van der Waals surface area contributed by atoms with Crippen LogP contribution in [0.2, 0.25) is 5.02 Å². The van der Waals surface area contributed by atoms with Gasteiger partial charge in [-0.05, 0) is 42.2 Å². The maximum atomic E-state index is 12.7. The van der Waals surface area contributed by atoms with Crippen LogP contribution < -0.4 is 5.32 Å². The predicted molar refractivity (Wildman–Crippen MR) is 101 cm³/mol. The maximum Gasteiger partial charge on any atom is 0.268 e. The molecule has 3 aromatic rings. The van der Waals surface area contributed by atoms with E-state index in [2.05, 4.69) is 24.1 Å². The quantitative estimate of drug-likeness (QED) is 0.705. The largest absolute Gasteiger partial charge is 0.350 e. The Balaban J connectivity index is 1.75. The molecule has 4 nitrogen and oxygen atoms in total. The Morgan fingerprint density at radius 2 is 1.96 bits per heavy atom. The summed E-state index contributed by atoms with van der Waals surface area (Å²) in [5.74, 6) is 0.698. The van der Waals surface area contributed by atoms with Gasteiger partial charge in [0.15, 0.2) is 0 Å². The number of nitrogens with zero attached hydrogens (tertiary/aromatic N) is 2. The molecule has 25 heavy (non-hydrogen) atoms. The van der Waals surface area contributed by atoms with Crippen LogP contribution in [0.1, 0.15) is 42.2 Å². The fraction of sp³-hybridized carbons (Fsp3) is 0.300.